The predicted octanol–water partition coefficient (Wildman–Crippen LogP) is 3.90. The first-order valence-electron chi connectivity index (χ1n) is 8.18. The lowest BCUT2D eigenvalue weighted by Crippen LogP contribution is -2.25. The summed E-state index contributed by atoms with van der Waals surface area (Å²) < 4.78 is 5.13. The fourth-order valence-corrected chi connectivity index (χ4v) is 1.90. The van der Waals surface area contributed by atoms with E-state index < -0.39 is 11.7 Å². The molecule has 0 atom stereocenters. The minimum absolute atomic E-state index is 0.279. The highest BCUT2D eigenvalue weighted by atomic mass is 16.6. The molecule has 1 amide bonds. The Morgan fingerprint density at radius 3 is 2.18 bits per heavy atom. The Bertz CT molecular complexity index is 371. The van der Waals surface area contributed by atoms with Crippen molar-refractivity contribution in [2.24, 2.45) is 4.99 Å². The molecule has 128 valence electrons. The van der Waals surface area contributed by atoms with E-state index in [0.717, 1.165) is 37.9 Å². The molecule has 0 aromatic heterocycles. The van der Waals surface area contributed by atoms with Crippen LogP contribution in [0.3, 0.4) is 0 Å². The van der Waals surface area contributed by atoms with Gasteiger partial charge in [0.25, 0.3) is 0 Å². The molecule has 0 saturated carbocycles. The number of hydrogen-bond acceptors (Lipinski definition) is 4. The van der Waals surface area contributed by atoms with Crippen LogP contribution in [0.5, 0.6) is 0 Å². The molecule has 0 unspecified atom stereocenters. The van der Waals surface area contributed by atoms with Gasteiger partial charge in [0.15, 0.2) is 0 Å². The highest BCUT2D eigenvalue weighted by Gasteiger charge is 2.15. The standard InChI is InChI=1S/C17H32N2O3/c1-14(19-16(21)22-17(3,4)5)13-18-12-10-8-6-7-9-11-15(2)20/h18H,6-13H2,1-5H3. The topological polar surface area (TPSA) is 67.8 Å². The first kappa shape index (κ1) is 20.8. The Morgan fingerprint density at radius 2 is 1.59 bits per heavy atom. The SMILES string of the molecule is CC(=O)CCCCCCCNCC(C)=NC(=O)OC(C)(C)C. The van der Waals surface area contributed by atoms with Crippen molar-refractivity contribution >= 4 is 17.6 Å². The first-order valence-corrected chi connectivity index (χ1v) is 8.18. The molecule has 5 nitrogen and oxygen atoms in total. The largest absolute Gasteiger partial charge is 0.442 e. The van der Waals surface area contributed by atoms with Crippen molar-refractivity contribution < 1.29 is 14.3 Å². The number of unbranched alkanes of at least 4 members (excludes halogenated alkanes) is 4. The highest BCUT2D eigenvalue weighted by Crippen LogP contribution is 2.08. The summed E-state index contributed by atoms with van der Waals surface area (Å²) in [5, 5.41) is 3.27. The van der Waals surface area contributed by atoms with Crippen molar-refractivity contribution in [2.45, 2.75) is 78.7 Å². The molecule has 0 saturated heterocycles. The number of aliphatic imine (C=N–C) groups is 1. The first-order chi connectivity index (χ1) is 10.2. The van der Waals surface area contributed by atoms with Crippen LogP contribution in [-0.4, -0.2) is 36.3 Å². The van der Waals surface area contributed by atoms with E-state index in [-0.39, 0.29) is 5.78 Å². The Kier molecular flexibility index (Phi) is 10.7. The van der Waals surface area contributed by atoms with Gasteiger partial charge in [-0.15, -0.1) is 0 Å². The van der Waals surface area contributed by atoms with E-state index in [1.165, 1.54) is 6.42 Å². The number of Topliss-reactive ketones (excluding diaryl/α,β-unsaturated/α-hetero) is 1. The van der Waals surface area contributed by atoms with Gasteiger partial charge >= 0.3 is 6.09 Å². The molecule has 0 aromatic rings. The second-order valence-electron chi connectivity index (χ2n) is 6.72. The number of carbonyl (C=O) groups is 2. The van der Waals surface area contributed by atoms with Crippen molar-refractivity contribution in [2.75, 3.05) is 13.1 Å². The van der Waals surface area contributed by atoms with Crippen molar-refractivity contribution in [3.8, 4) is 0 Å². The van der Waals surface area contributed by atoms with Gasteiger partial charge in [0.2, 0.25) is 0 Å². The zero-order valence-electron chi connectivity index (χ0n) is 14.8. The Hall–Kier alpha value is -1.23. The van der Waals surface area contributed by atoms with Crippen LogP contribution in [0, 0.1) is 0 Å². The van der Waals surface area contributed by atoms with Crippen molar-refractivity contribution in [1.29, 1.82) is 0 Å². The summed E-state index contributed by atoms with van der Waals surface area (Å²) in [5.41, 5.74) is 0.229. The fourth-order valence-electron chi connectivity index (χ4n) is 1.90. The number of ether oxygens (including phenoxy) is 1. The van der Waals surface area contributed by atoms with Gasteiger partial charge in [0.1, 0.15) is 11.4 Å². The predicted molar refractivity (Wildman–Crippen MR) is 90.6 cm³/mol. The Balaban J connectivity index is 3.58. The smallest absolute Gasteiger partial charge is 0.434 e. The van der Waals surface area contributed by atoms with Crippen LogP contribution in [0.1, 0.15) is 73.1 Å². The lowest BCUT2D eigenvalue weighted by molar-refractivity contribution is -0.117. The molecule has 0 bridgehead atoms. The molecule has 0 spiro atoms. The van der Waals surface area contributed by atoms with Gasteiger partial charge < -0.3 is 14.8 Å². The van der Waals surface area contributed by atoms with Crippen molar-refractivity contribution in [3.63, 3.8) is 0 Å². The molecule has 0 aliphatic carbocycles. The molecular weight excluding hydrogens is 280 g/mol. The lowest BCUT2D eigenvalue weighted by Gasteiger charge is -2.17. The summed E-state index contributed by atoms with van der Waals surface area (Å²) in [6.07, 6.45) is 5.73. The number of rotatable bonds is 10. The van der Waals surface area contributed by atoms with Crippen LogP contribution in [0.2, 0.25) is 0 Å². The normalized spacial score (nSPS) is 12.3. The molecule has 0 aliphatic heterocycles. The molecule has 22 heavy (non-hydrogen) atoms. The van der Waals surface area contributed by atoms with Crippen LogP contribution in [0.4, 0.5) is 4.79 Å². The van der Waals surface area contributed by atoms with Crippen LogP contribution in [0.25, 0.3) is 0 Å². The van der Waals surface area contributed by atoms with Gasteiger partial charge in [0, 0.05) is 18.7 Å². The van der Waals surface area contributed by atoms with Gasteiger partial charge in [-0.05, 0) is 54.0 Å². The molecule has 0 heterocycles. The summed E-state index contributed by atoms with van der Waals surface area (Å²) in [5.74, 6) is 0.279. The molecule has 0 fully saturated rings. The summed E-state index contributed by atoms with van der Waals surface area (Å²) in [6.45, 7) is 10.4. The summed E-state index contributed by atoms with van der Waals surface area (Å²) in [6, 6.07) is 0. The minimum atomic E-state index is -0.530. The van der Waals surface area contributed by atoms with E-state index in [1.807, 2.05) is 27.7 Å². The number of ketones is 1. The molecule has 0 rings (SSSR count). The van der Waals surface area contributed by atoms with E-state index in [9.17, 15) is 9.59 Å². The minimum Gasteiger partial charge on any atom is -0.442 e. The second-order valence-corrected chi connectivity index (χ2v) is 6.72. The highest BCUT2D eigenvalue weighted by molar-refractivity contribution is 5.93. The van der Waals surface area contributed by atoms with E-state index >= 15 is 0 Å². The molecular formula is C17H32N2O3. The average molecular weight is 312 g/mol. The maximum atomic E-state index is 11.5. The van der Waals surface area contributed by atoms with Crippen molar-refractivity contribution in [3.05, 3.63) is 0 Å². The number of nitrogens with one attached hydrogen (secondary N) is 1. The van der Waals surface area contributed by atoms with E-state index in [2.05, 4.69) is 10.3 Å². The zero-order chi connectivity index (χ0) is 17.0. The Morgan fingerprint density at radius 1 is 1.00 bits per heavy atom. The van der Waals surface area contributed by atoms with Crippen LogP contribution in [-0.2, 0) is 9.53 Å². The fraction of sp³-hybridized carbons (Fsp3) is 0.824. The monoisotopic (exact) mass is 312 g/mol. The van der Waals surface area contributed by atoms with Gasteiger partial charge in [0.05, 0.1) is 0 Å². The number of amides is 1. The van der Waals surface area contributed by atoms with E-state index in [0.29, 0.717) is 13.0 Å². The van der Waals surface area contributed by atoms with Gasteiger partial charge in [-0.2, -0.15) is 4.99 Å². The molecule has 0 aliphatic rings. The van der Waals surface area contributed by atoms with E-state index in [1.54, 1.807) is 6.92 Å². The maximum absolute atomic E-state index is 11.5. The quantitative estimate of drug-likeness (QED) is 0.490. The van der Waals surface area contributed by atoms with Crippen LogP contribution < -0.4 is 5.32 Å². The second kappa shape index (κ2) is 11.4. The maximum Gasteiger partial charge on any atom is 0.434 e. The van der Waals surface area contributed by atoms with Gasteiger partial charge in [-0.1, -0.05) is 19.3 Å². The number of hydrogen-bond donors (Lipinski definition) is 1. The van der Waals surface area contributed by atoms with Crippen LogP contribution >= 0.6 is 0 Å². The summed E-state index contributed by atoms with van der Waals surface area (Å²) in [4.78, 5) is 26.2. The van der Waals surface area contributed by atoms with Crippen LogP contribution in [0.15, 0.2) is 4.99 Å². The molecule has 5 heteroatoms. The van der Waals surface area contributed by atoms with Gasteiger partial charge in [-0.3, -0.25) is 0 Å². The molecule has 0 radical (unpaired) electrons. The number of carbonyl (C=O) groups excluding carboxylic acids is 2. The molecule has 1 N–H and O–H groups in total. The van der Waals surface area contributed by atoms with Gasteiger partial charge in [-0.25, -0.2) is 4.79 Å². The zero-order valence-corrected chi connectivity index (χ0v) is 14.8. The molecule has 0 aromatic carbocycles. The van der Waals surface area contributed by atoms with E-state index in [4.69, 9.17) is 4.74 Å². The summed E-state index contributed by atoms with van der Waals surface area (Å²) >= 11 is 0. The Labute approximate surface area is 134 Å². The third-order valence-corrected chi connectivity index (χ3v) is 2.94. The summed E-state index contributed by atoms with van der Waals surface area (Å²) in [7, 11) is 0. The lowest BCUT2D eigenvalue weighted by atomic mass is 10.1. The average Bonchev–Trinajstić information content (AvgIpc) is 2.33. The third kappa shape index (κ3) is 15.2. The third-order valence-electron chi connectivity index (χ3n) is 2.94. The number of nitrogens with zero attached hydrogens (tertiary/aromatic N) is 1. The van der Waals surface area contributed by atoms with Crippen molar-refractivity contribution in [1.82, 2.24) is 5.32 Å².